The number of hydrogen-bond acceptors (Lipinski definition) is 7. The molecular weight excluding hydrogens is 412 g/mol. The highest BCUT2D eigenvalue weighted by molar-refractivity contribution is 5.93. The van der Waals surface area contributed by atoms with Gasteiger partial charge < -0.3 is 23.6 Å². The zero-order chi connectivity index (χ0) is 23.4. The Labute approximate surface area is 190 Å². The van der Waals surface area contributed by atoms with Crippen molar-refractivity contribution in [2.45, 2.75) is 83.5 Å². The van der Waals surface area contributed by atoms with Gasteiger partial charge in [-0.25, -0.2) is 0 Å². The van der Waals surface area contributed by atoms with Crippen LogP contribution in [0.4, 0.5) is 0 Å². The van der Waals surface area contributed by atoms with Crippen molar-refractivity contribution in [1.29, 1.82) is 0 Å². The number of amides is 1. The number of carbonyl (C=O) groups excluding carboxylic acids is 2. The summed E-state index contributed by atoms with van der Waals surface area (Å²) in [5, 5.41) is 4.19. The van der Waals surface area contributed by atoms with E-state index in [1.165, 1.54) is 0 Å². The van der Waals surface area contributed by atoms with Crippen molar-refractivity contribution in [1.82, 2.24) is 10.1 Å². The highest BCUT2D eigenvalue weighted by Crippen LogP contribution is 2.27. The third-order valence-corrected chi connectivity index (χ3v) is 6.74. The van der Waals surface area contributed by atoms with Crippen LogP contribution < -0.4 is 0 Å². The van der Waals surface area contributed by atoms with Crippen molar-refractivity contribution in [3.05, 3.63) is 17.5 Å². The predicted octanol–water partition coefficient (Wildman–Crippen LogP) is 3.27. The van der Waals surface area contributed by atoms with Crippen LogP contribution in [0.1, 0.15) is 71.3 Å². The molecule has 8 nitrogen and oxygen atoms in total. The molecular formula is C24H38N2O6. The Morgan fingerprint density at radius 3 is 2.62 bits per heavy atom. The number of Topliss-reactive ketones (excluding diaryl/α,β-unsaturated/α-hetero) is 1. The standard InChI is InChI=1S/C24H38N2O6/c1-23(2,16-31-22-8-6-7-10-30-22)19-13-18(32-25-19)14-20(27)24(3,4)26(5)21(28)12-17-9-11-29-15-17/h13,17,22H,6-12,14-16H2,1-5H3/t17-,22?/m1/s1. The smallest absolute Gasteiger partial charge is 0.223 e. The molecule has 2 aliphatic heterocycles. The molecule has 2 saturated heterocycles. The van der Waals surface area contributed by atoms with Crippen molar-refractivity contribution in [2.75, 3.05) is 33.5 Å². The van der Waals surface area contributed by atoms with Crippen molar-refractivity contribution in [2.24, 2.45) is 5.92 Å². The van der Waals surface area contributed by atoms with Crippen molar-refractivity contribution < 1.29 is 28.3 Å². The maximum absolute atomic E-state index is 13.1. The maximum atomic E-state index is 13.1. The number of hydrogen-bond donors (Lipinski definition) is 0. The van der Waals surface area contributed by atoms with E-state index in [1.54, 1.807) is 25.8 Å². The molecule has 0 aliphatic carbocycles. The lowest BCUT2D eigenvalue weighted by molar-refractivity contribution is -0.170. The number of ether oxygens (including phenoxy) is 3. The van der Waals surface area contributed by atoms with Gasteiger partial charge in [-0.05, 0) is 45.4 Å². The summed E-state index contributed by atoms with van der Waals surface area (Å²) in [5.41, 5.74) is -0.586. The molecule has 1 unspecified atom stereocenters. The second kappa shape index (κ2) is 10.4. The van der Waals surface area contributed by atoms with Crippen LogP contribution in [0.3, 0.4) is 0 Å². The van der Waals surface area contributed by atoms with Gasteiger partial charge in [0.1, 0.15) is 5.76 Å². The van der Waals surface area contributed by atoms with E-state index in [2.05, 4.69) is 5.16 Å². The van der Waals surface area contributed by atoms with Crippen molar-refractivity contribution in [3.63, 3.8) is 0 Å². The molecule has 0 bridgehead atoms. The van der Waals surface area contributed by atoms with Gasteiger partial charge in [0.15, 0.2) is 12.1 Å². The fraction of sp³-hybridized carbons (Fsp3) is 0.792. The largest absolute Gasteiger partial charge is 0.381 e. The van der Waals surface area contributed by atoms with Crippen LogP contribution in [-0.4, -0.2) is 67.1 Å². The van der Waals surface area contributed by atoms with E-state index in [4.69, 9.17) is 18.7 Å². The lowest BCUT2D eigenvalue weighted by atomic mass is 9.89. The van der Waals surface area contributed by atoms with Crippen molar-refractivity contribution >= 4 is 11.7 Å². The summed E-state index contributed by atoms with van der Waals surface area (Å²) in [6.07, 6.45) is 4.30. The summed E-state index contributed by atoms with van der Waals surface area (Å²) in [7, 11) is 1.69. The number of nitrogens with zero attached hydrogens (tertiary/aromatic N) is 2. The van der Waals surface area contributed by atoms with Crippen LogP contribution in [0.2, 0.25) is 0 Å². The first-order valence-electron chi connectivity index (χ1n) is 11.7. The first-order chi connectivity index (χ1) is 15.1. The van der Waals surface area contributed by atoms with Crippen LogP contribution in [0.15, 0.2) is 10.6 Å². The monoisotopic (exact) mass is 450 g/mol. The number of carbonyl (C=O) groups is 2. The maximum Gasteiger partial charge on any atom is 0.223 e. The fourth-order valence-electron chi connectivity index (χ4n) is 3.93. The minimum absolute atomic E-state index is 0.0414. The molecule has 3 heterocycles. The third-order valence-electron chi connectivity index (χ3n) is 6.74. The van der Waals surface area contributed by atoms with Gasteiger partial charge in [0.2, 0.25) is 5.91 Å². The lowest BCUT2D eigenvalue weighted by Crippen LogP contribution is -2.51. The van der Waals surface area contributed by atoms with Gasteiger partial charge in [-0.1, -0.05) is 19.0 Å². The first kappa shape index (κ1) is 24.9. The zero-order valence-corrected chi connectivity index (χ0v) is 20.1. The van der Waals surface area contributed by atoms with Gasteiger partial charge in [0.05, 0.1) is 24.3 Å². The Kier molecular flexibility index (Phi) is 8.11. The third kappa shape index (κ3) is 6.17. The van der Waals surface area contributed by atoms with E-state index in [0.29, 0.717) is 32.0 Å². The normalized spacial score (nSPS) is 22.2. The van der Waals surface area contributed by atoms with Crippen LogP contribution in [0, 0.1) is 5.92 Å². The Hall–Kier alpha value is -1.77. The summed E-state index contributed by atoms with van der Waals surface area (Å²) < 4.78 is 22.4. The molecule has 32 heavy (non-hydrogen) atoms. The average Bonchev–Trinajstić information content (AvgIpc) is 3.45. The number of ketones is 1. The molecule has 0 saturated carbocycles. The molecule has 0 spiro atoms. The molecule has 8 heteroatoms. The van der Waals surface area contributed by atoms with Gasteiger partial charge in [0.25, 0.3) is 0 Å². The summed E-state index contributed by atoms with van der Waals surface area (Å²) in [6, 6.07) is 1.82. The molecule has 0 aromatic carbocycles. The molecule has 3 rings (SSSR count). The highest BCUT2D eigenvalue weighted by Gasteiger charge is 2.37. The molecule has 1 amide bonds. The summed E-state index contributed by atoms with van der Waals surface area (Å²) in [6.45, 7) is 10.1. The Morgan fingerprint density at radius 1 is 1.19 bits per heavy atom. The number of likely N-dealkylation sites (N-methyl/N-ethyl adjacent to an activating group) is 1. The van der Waals surface area contributed by atoms with Crippen molar-refractivity contribution in [3.8, 4) is 0 Å². The quantitative estimate of drug-likeness (QED) is 0.540. The van der Waals surface area contributed by atoms with Crippen LogP contribution in [-0.2, 0) is 35.6 Å². The average molecular weight is 451 g/mol. The van der Waals surface area contributed by atoms with E-state index < -0.39 is 5.54 Å². The van der Waals surface area contributed by atoms with Crippen LogP contribution in [0.25, 0.3) is 0 Å². The second-order valence-electron chi connectivity index (χ2n) is 10.2. The van der Waals surface area contributed by atoms with Crippen LogP contribution in [0.5, 0.6) is 0 Å². The fourth-order valence-corrected chi connectivity index (χ4v) is 3.93. The number of rotatable bonds is 10. The van der Waals surface area contributed by atoms with Gasteiger partial charge in [0, 0.05) is 44.8 Å². The first-order valence-corrected chi connectivity index (χ1v) is 11.7. The Bertz CT molecular complexity index is 775. The van der Waals surface area contributed by atoms with E-state index in [-0.39, 0.29) is 35.7 Å². The Morgan fingerprint density at radius 2 is 1.97 bits per heavy atom. The van der Waals surface area contributed by atoms with Gasteiger partial charge in [-0.3, -0.25) is 9.59 Å². The molecule has 180 valence electrons. The predicted molar refractivity (Wildman–Crippen MR) is 118 cm³/mol. The molecule has 0 radical (unpaired) electrons. The van der Waals surface area contributed by atoms with Gasteiger partial charge >= 0.3 is 0 Å². The molecule has 1 aromatic heterocycles. The second-order valence-corrected chi connectivity index (χ2v) is 10.2. The zero-order valence-electron chi connectivity index (χ0n) is 20.1. The van der Waals surface area contributed by atoms with Gasteiger partial charge in [-0.2, -0.15) is 0 Å². The lowest BCUT2D eigenvalue weighted by Gasteiger charge is -2.34. The molecule has 0 N–H and O–H groups in total. The van der Waals surface area contributed by atoms with E-state index in [1.807, 2.05) is 19.9 Å². The van der Waals surface area contributed by atoms with E-state index >= 15 is 0 Å². The van der Waals surface area contributed by atoms with E-state index in [9.17, 15) is 9.59 Å². The highest BCUT2D eigenvalue weighted by atomic mass is 16.7. The summed E-state index contributed by atoms with van der Waals surface area (Å²) >= 11 is 0. The number of aromatic nitrogens is 1. The topological polar surface area (TPSA) is 91.1 Å². The SMILES string of the molecule is CN(C(=O)C[C@H]1CCOC1)C(C)(C)C(=O)Cc1cc(C(C)(C)COC2CCCCO2)no1. The molecule has 1 aromatic rings. The Balaban J connectivity index is 1.55. The molecule has 2 aliphatic rings. The van der Waals surface area contributed by atoms with Gasteiger partial charge in [-0.15, -0.1) is 0 Å². The van der Waals surface area contributed by atoms with E-state index in [0.717, 1.165) is 38.0 Å². The molecule has 2 atom stereocenters. The minimum atomic E-state index is -0.944. The summed E-state index contributed by atoms with van der Waals surface area (Å²) in [5.74, 6) is 0.588. The van der Waals surface area contributed by atoms with Crippen LogP contribution >= 0.6 is 0 Å². The minimum Gasteiger partial charge on any atom is -0.381 e. The summed E-state index contributed by atoms with van der Waals surface area (Å²) in [4.78, 5) is 27.3. The molecule has 2 fully saturated rings.